The van der Waals surface area contributed by atoms with Crippen molar-refractivity contribution in [3.05, 3.63) is 30.1 Å². The first-order valence-corrected chi connectivity index (χ1v) is 8.71. The maximum atomic E-state index is 12.1. The molecule has 3 rings (SSSR count). The van der Waals surface area contributed by atoms with E-state index in [-0.39, 0.29) is 17.9 Å². The molecule has 1 spiro atoms. The number of carbonyl (C=O) groups is 1. The van der Waals surface area contributed by atoms with Crippen molar-refractivity contribution in [2.45, 2.75) is 38.6 Å². The number of piperidine rings is 2. The average molecular weight is 317 g/mol. The van der Waals surface area contributed by atoms with Gasteiger partial charge in [-0.05, 0) is 49.9 Å². The SMILES string of the molecule is O=C1CC[C@]2(CCCN(Cc3ccncc3)C2)CN1CCCO. The van der Waals surface area contributed by atoms with Crippen LogP contribution in [0.4, 0.5) is 0 Å². The minimum absolute atomic E-state index is 0.158. The molecule has 126 valence electrons. The van der Waals surface area contributed by atoms with Crippen molar-refractivity contribution in [2.24, 2.45) is 5.41 Å². The van der Waals surface area contributed by atoms with E-state index < -0.39 is 0 Å². The number of aliphatic hydroxyl groups excluding tert-OH is 1. The highest BCUT2D eigenvalue weighted by molar-refractivity contribution is 5.77. The van der Waals surface area contributed by atoms with Gasteiger partial charge in [-0.25, -0.2) is 0 Å². The minimum Gasteiger partial charge on any atom is -0.396 e. The molecule has 5 nitrogen and oxygen atoms in total. The molecule has 1 aromatic rings. The van der Waals surface area contributed by atoms with E-state index in [1.54, 1.807) is 0 Å². The molecule has 0 aromatic carbocycles. The van der Waals surface area contributed by atoms with Crippen LogP contribution in [0.5, 0.6) is 0 Å². The van der Waals surface area contributed by atoms with Crippen molar-refractivity contribution in [1.29, 1.82) is 0 Å². The average Bonchev–Trinajstić information content (AvgIpc) is 2.57. The largest absolute Gasteiger partial charge is 0.396 e. The van der Waals surface area contributed by atoms with Gasteiger partial charge in [0, 0.05) is 57.0 Å². The summed E-state index contributed by atoms with van der Waals surface area (Å²) in [5, 5.41) is 9.04. The number of rotatable bonds is 5. The van der Waals surface area contributed by atoms with Gasteiger partial charge in [0.05, 0.1) is 0 Å². The van der Waals surface area contributed by atoms with Crippen molar-refractivity contribution >= 4 is 5.91 Å². The highest BCUT2D eigenvalue weighted by Gasteiger charge is 2.41. The van der Waals surface area contributed by atoms with E-state index in [2.05, 4.69) is 22.0 Å². The summed E-state index contributed by atoms with van der Waals surface area (Å²) < 4.78 is 0. The molecule has 1 amide bonds. The highest BCUT2D eigenvalue weighted by atomic mass is 16.3. The van der Waals surface area contributed by atoms with E-state index in [0.717, 1.165) is 32.6 Å². The molecule has 1 atom stereocenters. The Balaban J connectivity index is 1.63. The lowest BCUT2D eigenvalue weighted by atomic mass is 9.73. The van der Waals surface area contributed by atoms with Crippen molar-refractivity contribution in [1.82, 2.24) is 14.8 Å². The van der Waals surface area contributed by atoms with Crippen LogP contribution >= 0.6 is 0 Å². The summed E-state index contributed by atoms with van der Waals surface area (Å²) >= 11 is 0. The number of aliphatic hydroxyl groups is 1. The van der Waals surface area contributed by atoms with Crippen LogP contribution in [0.15, 0.2) is 24.5 Å². The zero-order chi connectivity index (χ0) is 16.1. The second kappa shape index (κ2) is 7.41. The summed E-state index contributed by atoms with van der Waals surface area (Å²) in [6.07, 6.45) is 8.47. The quantitative estimate of drug-likeness (QED) is 0.897. The van der Waals surface area contributed by atoms with Gasteiger partial charge in [-0.15, -0.1) is 0 Å². The number of aromatic nitrogens is 1. The van der Waals surface area contributed by atoms with Gasteiger partial charge >= 0.3 is 0 Å². The molecule has 0 saturated carbocycles. The first-order valence-electron chi connectivity index (χ1n) is 8.71. The summed E-state index contributed by atoms with van der Waals surface area (Å²) in [4.78, 5) is 20.7. The fraction of sp³-hybridized carbons (Fsp3) is 0.667. The van der Waals surface area contributed by atoms with Crippen molar-refractivity contribution in [3.8, 4) is 0 Å². The topological polar surface area (TPSA) is 56.7 Å². The minimum atomic E-state index is 0.158. The van der Waals surface area contributed by atoms with Crippen molar-refractivity contribution < 1.29 is 9.90 Å². The molecular formula is C18H27N3O2. The first-order chi connectivity index (χ1) is 11.2. The predicted octanol–water partition coefficient (Wildman–Crippen LogP) is 1.67. The van der Waals surface area contributed by atoms with Crippen LogP contribution in [0.25, 0.3) is 0 Å². The second-order valence-corrected chi connectivity index (χ2v) is 7.06. The van der Waals surface area contributed by atoms with Crippen LogP contribution in [0.1, 0.15) is 37.7 Å². The van der Waals surface area contributed by atoms with Crippen LogP contribution in [0, 0.1) is 5.41 Å². The molecule has 2 fully saturated rings. The summed E-state index contributed by atoms with van der Waals surface area (Å²) in [6, 6.07) is 4.17. The van der Waals surface area contributed by atoms with Gasteiger partial charge in [0.15, 0.2) is 0 Å². The van der Waals surface area contributed by atoms with Crippen LogP contribution in [0.3, 0.4) is 0 Å². The van der Waals surface area contributed by atoms with E-state index in [1.807, 2.05) is 17.3 Å². The van der Waals surface area contributed by atoms with Crippen molar-refractivity contribution in [3.63, 3.8) is 0 Å². The number of likely N-dealkylation sites (tertiary alicyclic amines) is 2. The van der Waals surface area contributed by atoms with Crippen LogP contribution in [-0.4, -0.2) is 58.6 Å². The van der Waals surface area contributed by atoms with Gasteiger partial charge in [0.2, 0.25) is 5.91 Å². The molecule has 1 aromatic heterocycles. The first kappa shape index (κ1) is 16.4. The number of nitrogens with zero attached hydrogens (tertiary/aromatic N) is 3. The van der Waals surface area contributed by atoms with E-state index in [9.17, 15) is 4.79 Å². The molecule has 23 heavy (non-hydrogen) atoms. The predicted molar refractivity (Wildman–Crippen MR) is 88.7 cm³/mol. The molecule has 1 N–H and O–H groups in total. The van der Waals surface area contributed by atoms with Crippen LogP contribution in [-0.2, 0) is 11.3 Å². The lowest BCUT2D eigenvalue weighted by molar-refractivity contribution is -0.139. The number of amides is 1. The van der Waals surface area contributed by atoms with Gasteiger partial charge in [0.1, 0.15) is 0 Å². The van der Waals surface area contributed by atoms with E-state index in [4.69, 9.17) is 5.11 Å². The Morgan fingerprint density at radius 3 is 2.83 bits per heavy atom. The number of hydrogen-bond donors (Lipinski definition) is 1. The number of pyridine rings is 1. The van der Waals surface area contributed by atoms with E-state index in [1.165, 1.54) is 18.4 Å². The third-order valence-electron chi connectivity index (χ3n) is 5.23. The fourth-order valence-electron chi connectivity index (χ4n) is 4.09. The molecular weight excluding hydrogens is 290 g/mol. The molecule has 2 saturated heterocycles. The number of carbonyl (C=O) groups excluding carboxylic acids is 1. The van der Waals surface area contributed by atoms with Gasteiger partial charge in [0.25, 0.3) is 0 Å². The Kier molecular flexibility index (Phi) is 5.28. The Morgan fingerprint density at radius 2 is 2.04 bits per heavy atom. The zero-order valence-electron chi connectivity index (χ0n) is 13.8. The monoisotopic (exact) mass is 317 g/mol. The third kappa shape index (κ3) is 4.09. The molecule has 0 bridgehead atoms. The molecule has 2 aliphatic rings. The summed E-state index contributed by atoms with van der Waals surface area (Å²) in [7, 11) is 0. The maximum Gasteiger partial charge on any atom is 0.222 e. The lowest BCUT2D eigenvalue weighted by Crippen LogP contribution is -2.54. The molecule has 5 heteroatoms. The Hall–Kier alpha value is -1.46. The van der Waals surface area contributed by atoms with Gasteiger partial charge in [-0.3, -0.25) is 14.7 Å². The second-order valence-electron chi connectivity index (χ2n) is 7.06. The van der Waals surface area contributed by atoms with Crippen LogP contribution in [0.2, 0.25) is 0 Å². The third-order valence-corrected chi connectivity index (χ3v) is 5.23. The summed E-state index contributed by atoms with van der Waals surface area (Å²) in [6.45, 7) is 4.88. The number of hydrogen-bond acceptors (Lipinski definition) is 4. The van der Waals surface area contributed by atoms with E-state index >= 15 is 0 Å². The van der Waals surface area contributed by atoms with Gasteiger partial charge in [-0.2, -0.15) is 0 Å². The molecule has 0 radical (unpaired) electrons. The molecule has 0 aliphatic carbocycles. The maximum absolute atomic E-state index is 12.1. The fourth-order valence-corrected chi connectivity index (χ4v) is 4.09. The normalized spacial score (nSPS) is 26.0. The zero-order valence-corrected chi connectivity index (χ0v) is 13.8. The summed E-state index contributed by atoms with van der Waals surface area (Å²) in [5.41, 5.74) is 1.55. The highest BCUT2D eigenvalue weighted by Crippen LogP contribution is 2.39. The van der Waals surface area contributed by atoms with Crippen LogP contribution < -0.4 is 0 Å². The molecule has 2 aliphatic heterocycles. The standard InChI is InChI=1S/C18H27N3O2/c22-12-2-11-21-15-18(7-3-17(21)23)6-1-10-20(14-18)13-16-4-8-19-9-5-16/h4-5,8-9,22H,1-3,6-7,10-15H2/t18-/m0/s1. The lowest BCUT2D eigenvalue weighted by Gasteiger charge is -2.48. The summed E-state index contributed by atoms with van der Waals surface area (Å²) in [5.74, 6) is 0.260. The molecule has 3 heterocycles. The Bertz CT molecular complexity index is 522. The Morgan fingerprint density at radius 1 is 1.22 bits per heavy atom. The van der Waals surface area contributed by atoms with Crippen molar-refractivity contribution in [2.75, 3.05) is 32.8 Å². The van der Waals surface area contributed by atoms with E-state index in [0.29, 0.717) is 19.4 Å². The smallest absolute Gasteiger partial charge is 0.222 e. The Labute approximate surface area is 138 Å². The van der Waals surface area contributed by atoms with Gasteiger partial charge < -0.3 is 10.0 Å². The molecule has 0 unspecified atom stereocenters. The van der Waals surface area contributed by atoms with Gasteiger partial charge in [-0.1, -0.05) is 0 Å².